The van der Waals surface area contributed by atoms with Gasteiger partial charge in [-0.2, -0.15) is 0 Å². The SMILES string of the molecule is CN(C)c1cccc(Oc2ccc(C=CC(=O)O)cc2)c1. The van der Waals surface area contributed by atoms with Crippen molar-refractivity contribution in [2.75, 3.05) is 19.0 Å². The maximum Gasteiger partial charge on any atom is 0.328 e. The van der Waals surface area contributed by atoms with Crippen LogP contribution < -0.4 is 9.64 Å². The molecule has 0 saturated heterocycles. The van der Waals surface area contributed by atoms with E-state index in [9.17, 15) is 4.79 Å². The van der Waals surface area contributed by atoms with Gasteiger partial charge in [0.15, 0.2) is 0 Å². The summed E-state index contributed by atoms with van der Waals surface area (Å²) in [4.78, 5) is 12.5. The van der Waals surface area contributed by atoms with Gasteiger partial charge in [0.25, 0.3) is 0 Å². The number of nitrogens with zero attached hydrogens (tertiary/aromatic N) is 1. The Labute approximate surface area is 123 Å². The third-order valence-corrected chi connectivity index (χ3v) is 2.87. The lowest BCUT2D eigenvalue weighted by atomic mass is 10.2. The zero-order valence-corrected chi connectivity index (χ0v) is 12.0. The zero-order valence-electron chi connectivity index (χ0n) is 12.0. The number of carbonyl (C=O) groups is 1. The van der Waals surface area contributed by atoms with E-state index in [-0.39, 0.29) is 0 Å². The van der Waals surface area contributed by atoms with Gasteiger partial charge in [-0.05, 0) is 35.9 Å². The number of carboxylic acid groups (broad SMARTS) is 1. The van der Waals surface area contributed by atoms with Crippen LogP contribution in [0.25, 0.3) is 6.08 Å². The van der Waals surface area contributed by atoms with E-state index in [0.29, 0.717) is 5.75 Å². The molecular weight excluding hydrogens is 266 g/mol. The van der Waals surface area contributed by atoms with Crippen molar-refractivity contribution in [1.29, 1.82) is 0 Å². The normalized spacial score (nSPS) is 10.6. The molecule has 2 rings (SSSR count). The van der Waals surface area contributed by atoms with Gasteiger partial charge in [0, 0.05) is 31.9 Å². The largest absolute Gasteiger partial charge is 0.478 e. The summed E-state index contributed by atoms with van der Waals surface area (Å²) in [6, 6.07) is 15.0. The molecule has 0 bridgehead atoms. The van der Waals surface area contributed by atoms with Crippen LogP contribution in [0.3, 0.4) is 0 Å². The molecule has 2 aromatic rings. The summed E-state index contributed by atoms with van der Waals surface area (Å²) in [6.07, 6.45) is 2.65. The van der Waals surface area contributed by atoms with E-state index >= 15 is 0 Å². The minimum Gasteiger partial charge on any atom is -0.478 e. The van der Waals surface area contributed by atoms with Gasteiger partial charge in [0.1, 0.15) is 11.5 Å². The number of carboxylic acids is 1. The van der Waals surface area contributed by atoms with Crippen LogP contribution in [0.5, 0.6) is 11.5 Å². The van der Waals surface area contributed by atoms with Crippen LogP contribution in [0.4, 0.5) is 5.69 Å². The quantitative estimate of drug-likeness (QED) is 0.851. The molecule has 0 heterocycles. The lowest BCUT2D eigenvalue weighted by Crippen LogP contribution is -2.08. The molecule has 0 atom stereocenters. The second-order valence-corrected chi connectivity index (χ2v) is 4.73. The summed E-state index contributed by atoms with van der Waals surface area (Å²) in [7, 11) is 3.95. The molecule has 2 aromatic carbocycles. The minimum absolute atomic E-state index is 0.707. The second kappa shape index (κ2) is 6.61. The van der Waals surface area contributed by atoms with Crippen molar-refractivity contribution < 1.29 is 14.6 Å². The Balaban J connectivity index is 2.10. The van der Waals surface area contributed by atoms with Crippen LogP contribution in [0.15, 0.2) is 54.6 Å². The molecule has 0 aliphatic carbocycles. The minimum atomic E-state index is -0.962. The van der Waals surface area contributed by atoms with Crippen molar-refractivity contribution in [3.8, 4) is 11.5 Å². The molecule has 0 unspecified atom stereocenters. The number of hydrogen-bond donors (Lipinski definition) is 1. The van der Waals surface area contributed by atoms with Crippen LogP contribution in [0.2, 0.25) is 0 Å². The molecule has 4 heteroatoms. The molecule has 21 heavy (non-hydrogen) atoms. The average Bonchev–Trinajstić information content (AvgIpc) is 2.47. The Kier molecular flexibility index (Phi) is 4.61. The van der Waals surface area contributed by atoms with Crippen molar-refractivity contribution in [3.05, 3.63) is 60.2 Å². The molecular formula is C17H17NO3. The fourth-order valence-electron chi connectivity index (χ4n) is 1.78. The van der Waals surface area contributed by atoms with Crippen molar-refractivity contribution >= 4 is 17.7 Å². The van der Waals surface area contributed by atoms with Crippen LogP contribution in [-0.4, -0.2) is 25.2 Å². The standard InChI is InChI=1S/C17H17NO3/c1-18(2)14-4-3-5-16(12-14)21-15-9-6-13(7-10-15)8-11-17(19)20/h3-12H,1-2H3,(H,19,20). The van der Waals surface area contributed by atoms with E-state index in [0.717, 1.165) is 23.1 Å². The smallest absolute Gasteiger partial charge is 0.328 e. The molecule has 108 valence electrons. The molecule has 0 amide bonds. The van der Waals surface area contributed by atoms with E-state index in [2.05, 4.69) is 0 Å². The molecule has 1 N–H and O–H groups in total. The fraction of sp³-hybridized carbons (Fsp3) is 0.118. The molecule has 4 nitrogen and oxygen atoms in total. The first-order valence-corrected chi connectivity index (χ1v) is 6.51. The first-order valence-electron chi connectivity index (χ1n) is 6.51. The van der Waals surface area contributed by atoms with Gasteiger partial charge in [0.05, 0.1) is 0 Å². The maximum atomic E-state index is 10.5. The summed E-state index contributed by atoms with van der Waals surface area (Å²) in [5.74, 6) is 0.504. The Morgan fingerprint density at radius 2 is 1.81 bits per heavy atom. The fourth-order valence-corrected chi connectivity index (χ4v) is 1.78. The number of hydrogen-bond acceptors (Lipinski definition) is 3. The van der Waals surface area contributed by atoms with E-state index in [1.165, 1.54) is 0 Å². The van der Waals surface area contributed by atoms with Crippen molar-refractivity contribution in [3.63, 3.8) is 0 Å². The first kappa shape index (κ1) is 14.7. The van der Waals surface area contributed by atoms with Crippen LogP contribution >= 0.6 is 0 Å². The first-order chi connectivity index (χ1) is 10.0. The Morgan fingerprint density at radius 3 is 2.43 bits per heavy atom. The summed E-state index contributed by atoms with van der Waals surface area (Å²) < 4.78 is 5.78. The summed E-state index contributed by atoms with van der Waals surface area (Å²) >= 11 is 0. The van der Waals surface area contributed by atoms with Gasteiger partial charge in [0.2, 0.25) is 0 Å². The highest BCUT2D eigenvalue weighted by atomic mass is 16.5. The zero-order chi connectivity index (χ0) is 15.2. The summed E-state index contributed by atoms with van der Waals surface area (Å²) in [5, 5.41) is 8.58. The van der Waals surface area contributed by atoms with Crippen LogP contribution in [0.1, 0.15) is 5.56 Å². The molecule has 0 aliphatic rings. The number of rotatable bonds is 5. The van der Waals surface area contributed by atoms with Gasteiger partial charge in [-0.3, -0.25) is 0 Å². The van der Waals surface area contributed by atoms with Gasteiger partial charge < -0.3 is 14.7 Å². The highest BCUT2D eigenvalue weighted by molar-refractivity contribution is 5.85. The monoisotopic (exact) mass is 283 g/mol. The van der Waals surface area contributed by atoms with Crippen LogP contribution in [-0.2, 0) is 4.79 Å². The molecule has 0 spiro atoms. The Hall–Kier alpha value is -2.75. The third kappa shape index (κ3) is 4.38. The van der Waals surface area contributed by atoms with Crippen LogP contribution in [0, 0.1) is 0 Å². The number of anilines is 1. The lowest BCUT2D eigenvalue weighted by Gasteiger charge is -2.14. The topological polar surface area (TPSA) is 49.8 Å². The number of ether oxygens (including phenoxy) is 1. The molecule has 0 radical (unpaired) electrons. The lowest BCUT2D eigenvalue weighted by molar-refractivity contribution is -0.131. The Bertz CT molecular complexity index is 645. The number of aliphatic carboxylic acids is 1. The highest BCUT2D eigenvalue weighted by Gasteiger charge is 2.00. The molecule has 0 saturated carbocycles. The van der Waals surface area contributed by atoms with E-state index in [4.69, 9.17) is 9.84 Å². The van der Waals surface area contributed by atoms with Crippen molar-refractivity contribution in [2.24, 2.45) is 0 Å². The van der Waals surface area contributed by atoms with E-state index in [1.54, 1.807) is 6.08 Å². The van der Waals surface area contributed by atoms with Crippen molar-refractivity contribution in [2.45, 2.75) is 0 Å². The number of benzene rings is 2. The van der Waals surface area contributed by atoms with Gasteiger partial charge in [-0.1, -0.05) is 18.2 Å². The van der Waals surface area contributed by atoms with Gasteiger partial charge >= 0.3 is 5.97 Å². The molecule has 0 aliphatic heterocycles. The predicted octanol–water partition coefficient (Wildman–Crippen LogP) is 3.64. The average molecular weight is 283 g/mol. The third-order valence-electron chi connectivity index (χ3n) is 2.87. The van der Waals surface area contributed by atoms with Crippen molar-refractivity contribution in [1.82, 2.24) is 0 Å². The van der Waals surface area contributed by atoms with Gasteiger partial charge in [-0.15, -0.1) is 0 Å². The maximum absolute atomic E-state index is 10.5. The molecule has 0 fully saturated rings. The summed E-state index contributed by atoms with van der Waals surface area (Å²) in [6.45, 7) is 0. The van der Waals surface area contributed by atoms with E-state index in [1.807, 2.05) is 67.5 Å². The predicted molar refractivity (Wildman–Crippen MR) is 84.0 cm³/mol. The molecule has 0 aromatic heterocycles. The second-order valence-electron chi connectivity index (χ2n) is 4.73. The van der Waals surface area contributed by atoms with E-state index < -0.39 is 5.97 Å². The highest BCUT2D eigenvalue weighted by Crippen LogP contribution is 2.25. The van der Waals surface area contributed by atoms with Gasteiger partial charge in [-0.25, -0.2) is 4.79 Å². The Morgan fingerprint density at radius 1 is 1.10 bits per heavy atom. The summed E-state index contributed by atoms with van der Waals surface area (Å²) in [5.41, 5.74) is 1.88.